The second kappa shape index (κ2) is 10.6. The highest BCUT2D eigenvalue weighted by Gasteiger charge is 2.50. The Bertz CT molecular complexity index is 1820. The molecule has 0 spiro atoms. The standard InChI is InChI=1S/C30H28F3N3O6S/c1-3-43(38,39)21-10-7-18(8-11-21)23(17-40-2)34-27(37)19-9-12-24-22(15-19)35-28(29(31)13-14-29)36(24)16-20-5-4-6-25-26(20)42-30(32,33)41-25/h4-12,15,23H,3,13-14,16-17H2,1-2H3,(H,34,37)/t23-/m0/s1. The van der Waals surface area contributed by atoms with Crippen LogP contribution in [0.4, 0.5) is 13.2 Å². The third-order valence-electron chi connectivity index (χ3n) is 7.60. The van der Waals surface area contributed by atoms with Crippen LogP contribution in [0.3, 0.4) is 0 Å². The molecule has 1 fully saturated rings. The number of methoxy groups -OCH3 is 1. The van der Waals surface area contributed by atoms with Crippen molar-refractivity contribution in [2.45, 2.75) is 49.2 Å². The highest BCUT2D eigenvalue weighted by molar-refractivity contribution is 7.91. The van der Waals surface area contributed by atoms with E-state index in [0.29, 0.717) is 22.2 Å². The maximum Gasteiger partial charge on any atom is 0.586 e. The predicted molar refractivity (Wildman–Crippen MR) is 150 cm³/mol. The first-order chi connectivity index (χ1) is 20.4. The third-order valence-corrected chi connectivity index (χ3v) is 9.35. The van der Waals surface area contributed by atoms with Crippen LogP contribution in [0.5, 0.6) is 11.5 Å². The molecule has 0 radical (unpaired) electrons. The summed E-state index contributed by atoms with van der Waals surface area (Å²) < 4.78 is 83.6. The van der Waals surface area contributed by atoms with E-state index in [4.69, 9.17) is 9.47 Å². The van der Waals surface area contributed by atoms with Crippen molar-refractivity contribution in [3.05, 3.63) is 83.2 Å². The molecule has 1 aromatic heterocycles. The lowest BCUT2D eigenvalue weighted by Crippen LogP contribution is -2.31. The van der Waals surface area contributed by atoms with Gasteiger partial charge in [-0.15, -0.1) is 8.78 Å². The van der Waals surface area contributed by atoms with Gasteiger partial charge >= 0.3 is 6.29 Å². The Hall–Kier alpha value is -4.10. The van der Waals surface area contributed by atoms with E-state index < -0.39 is 33.7 Å². The van der Waals surface area contributed by atoms with Crippen molar-refractivity contribution in [3.8, 4) is 11.5 Å². The maximum absolute atomic E-state index is 15.5. The largest absolute Gasteiger partial charge is 0.586 e. The molecule has 4 aromatic rings. The molecule has 1 N–H and O–H groups in total. The Morgan fingerprint density at radius 3 is 2.51 bits per heavy atom. The lowest BCUT2D eigenvalue weighted by atomic mass is 10.1. The fourth-order valence-corrected chi connectivity index (χ4v) is 6.01. The number of aromatic nitrogens is 2. The number of hydrogen-bond acceptors (Lipinski definition) is 7. The molecule has 226 valence electrons. The van der Waals surface area contributed by atoms with E-state index in [9.17, 15) is 22.0 Å². The summed E-state index contributed by atoms with van der Waals surface area (Å²) in [5.74, 6) is -0.562. The van der Waals surface area contributed by atoms with Gasteiger partial charge in [-0.05, 0) is 54.8 Å². The number of alkyl halides is 3. The van der Waals surface area contributed by atoms with Crippen LogP contribution in [-0.2, 0) is 26.8 Å². The first-order valence-corrected chi connectivity index (χ1v) is 15.3. The van der Waals surface area contributed by atoms with E-state index in [1.807, 2.05) is 0 Å². The molecule has 2 heterocycles. The number of halogens is 3. The molecule has 0 saturated heterocycles. The molecule has 1 saturated carbocycles. The van der Waals surface area contributed by atoms with Gasteiger partial charge in [0.2, 0.25) is 0 Å². The van der Waals surface area contributed by atoms with Crippen LogP contribution >= 0.6 is 0 Å². The number of carbonyl (C=O) groups is 1. The number of carbonyl (C=O) groups excluding carboxylic acids is 1. The Balaban J connectivity index is 1.29. The molecule has 6 rings (SSSR count). The number of imidazole rings is 1. The number of hydrogen-bond donors (Lipinski definition) is 1. The first kappa shape index (κ1) is 29.0. The van der Waals surface area contributed by atoms with E-state index in [1.165, 1.54) is 25.3 Å². The van der Waals surface area contributed by atoms with Gasteiger partial charge in [0.15, 0.2) is 27.0 Å². The number of nitrogens with zero attached hydrogens (tertiary/aromatic N) is 2. The number of rotatable bonds is 10. The summed E-state index contributed by atoms with van der Waals surface area (Å²) in [5.41, 5.74) is 0.482. The van der Waals surface area contributed by atoms with Gasteiger partial charge < -0.3 is 24.1 Å². The number of para-hydroxylation sites is 1. The number of benzene rings is 3. The van der Waals surface area contributed by atoms with E-state index in [2.05, 4.69) is 15.0 Å². The van der Waals surface area contributed by atoms with Gasteiger partial charge in [-0.1, -0.05) is 31.2 Å². The minimum Gasteiger partial charge on any atom is -0.395 e. The lowest BCUT2D eigenvalue weighted by molar-refractivity contribution is -0.287. The van der Waals surface area contributed by atoms with Crippen LogP contribution in [0.15, 0.2) is 65.6 Å². The molecule has 0 unspecified atom stereocenters. The normalized spacial score (nSPS) is 17.1. The van der Waals surface area contributed by atoms with Gasteiger partial charge in [0, 0.05) is 18.2 Å². The molecular weight excluding hydrogens is 587 g/mol. The molecule has 43 heavy (non-hydrogen) atoms. The van der Waals surface area contributed by atoms with Gasteiger partial charge in [-0.3, -0.25) is 4.79 Å². The van der Waals surface area contributed by atoms with Gasteiger partial charge in [0.25, 0.3) is 5.91 Å². The predicted octanol–water partition coefficient (Wildman–Crippen LogP) is 5.28. The average molecular weight is 616 g/mol. The summed E-state index contributed by atoms with van der Waals surface area (Å²) in [6.07, 6.45) is -3.26. The Kier molecular flexibility index (Phi) is 7.12. The van der Waals surface area contributed by atoms with Gasteiger partial charge in [0.1, 0.15) is 5.82 Å². The zero-order valence-electron chi connectivity index (χ0n) is 23.3. The summed E-state index contributed by atoms with van der Waals surface area (Å²) in [4.78, 5) is 18.0. The molecule has 0 bridgehead atoms. The number of amides is 1. The van der Waals surface area contributed by atoms with Gasteiger partial charge in [0.05, 0.1) is 40.9 Å². The number of sulfone groups is 1. The molecule has 2 aliphatic rings. The highest BCUT2D eigenvalue weighted by Crippen LogP contribution is 2.50. The van der Waals surface area contributed by atoms with Crippen LogP contribution in [0.2, 0.25) is 0 Å². The lowest BCUT2D eigenvalue weighted by Gasteiger charge is -2.19. The molecular formula is C30H28F3N3O6S. The fourth-order valence-electron chi connectivity index (χ4n) is 5.13. The van der Waals surface area contributed by atoms with Gasteiger partial charge in [-0.25, -0.2) is 17.8 Å². The van der Waals surface area contributed by atoms with Crippen LogP contribution < -0.4 is 14.8 Å². The van der Waals surface area contributed by atoms with Crippen molar-refractivity contribution in [1.29, 1.82) is 0 Å². The maximum atomic E-state index is 15.5. The first-order valence-electron chi connectivity index (χ1n) is 13.6. The monoisotopic (exact) mass is 615 g/mol. The summed E-state index contributed by atoms with van der Waals surface area (Å²) in [6, 6.07) is 14.9. The summed E-state index contributed by atoms with van der Waals surface area (Å²) in [5, 5.41) is 2.90. The minimum atomic E-state index is -3.80. The highest BCUT2D eigenvalue weighted by atomic mass is 32.2. The zero-order valence-corrected chi connectivity index (χ0v) is 24.1. The molecule has 1 aliphatic carbocycles. The molecule has 13 heteroatoms. The van der Waals surface area contributed by atoms with E-state index in [1.54, 1.807) is 54.0 Å². The second-order valence-corrected chi connectivity index (χ2v) is 12.8. The van der Waals surface area contributed by atoms with E-state index in [-0.39, 0.29) is 59.5 Å². The van der Waals surface area contributed by atoms with Crippen molar-refractivity contribution in [2.24, 2.45) is 0 Å². The molecule has 3 aromatic carbocycles. The Morgan fingerprint density at radius 1 is 1.09 bits per heavy atom. The van der Waals surface area contributed by atoms with Gasteiger partial charge in [-0.2, -0.15) is 0 Å². The zero-order chi connectivity index (χ0) is 30.6. The van der Waals surface area contributed by atoms with Crippen molar-refractivity contribution >= 4 is 26.8 Å². The molecule has 1 atom stereocenters. The number of fused-ring (bicyclic) bond motifs is 2. The summed E-state index contributed by atoms with van der Waals surface area (Å²) in [6.45, 7) is 1.69. The summed E-state index contributed by atoms with van der Waals surface area (Å²) >= 11 is 0. The molecule has 1 amide bonds. The second-order valence-electron chi connectivity index (χ2n) is 10.6. The third kappa shape index (κ3) is 5.54. The average Bonchev–Trinajstić information content (AvgIpc) is 3.49. The van der Waals surface area contributed by atoms with Crippen molar-refractivity contribution < 1.29 is 40.6 Å². The Labute approximate surface area is 245 Å². The van der Waals surface area contributed by atoms with Crippen molar-refractivity contribution in [2.75, 3.05) is 19.5 Å². The number of nitrogens with one attached hydrogen (secondary N) is 1. The van der Waals surface area contributed by atoms with Crippen LogP contribution in [0.25, 0.3) is 11.0 Å². The van der Waals surface area contributed by atoms with Crippen molar-refractivity contribution in [3.63, 3.8) is 0 Å². The SMILES string of the molecule is CCS(=O)(=O)c1ccc([C@H](COC)NC(=O)c2ccc3c(c2)nc(C2(F)CC2)n3Cc2cccc3c2OC(F)(F)O3)cc1. The van der Waals surface area contributed by atoms with E-state index >= 15 is 4.39 Å². The summed E-state index contributed by atoms with van der Waals surface area (Å²) in [7, 11) is -1.89. The topological polar surface area (TPSA) is 109 Å². The smallest absolute Gasteiger partial charge is 0.395 e. The quantitative estimate of drug-likeness (QED) is 0.259. The fraction of sp³-hybridized carbons (Fsp3) is 0.333. The number of ether oxygens (including phenoxy) is 3. The Morgan fingerprint density at radius 2 is 1.84 bits per heavy atom. The molecule has 9 nitrogen and oxygen atoms in total. The molecule has 1 aliphatic heterocycles. The minimum absolute atomic E-state index is 0.00861. The van der Waals surface area contributed by atoms with Crippen LogP contribution in [0, 0.1) is 0 Å². The van der Waals surface area contributed by atoms with E-state index in [0.717, 1.165) is 0 Å². The van der Waals surface area contributed by atoms with Crippen LogP contribution in [0.1, 0.15) is 53.1 Å². The van der Waals surface area contributed by atoms with Crippen molar-refractivity contribution in [1.82, 2.24) is 14.9 Å². The van der Waals surface area contributed by atoms with Crippen LogP contribution in [-0.4, -0.2) is 49.6 Å².